The first-order chi connectivity index (χ1) is 15.0. The molecule has 1 rings (SSSR count). The highest BCUT2D eigenvalue weighted by molar-refractivity contribution is 5.94. The predicted molar refractivity (Wildman–Crippen MR) is 115 cm³/mol. The molecule has 0 saturated heterocycles. The highest BCUT2D eigenvalue weighted by atomic mass is 16.4. The molecule has 0 aliphatic heterocycles. The molecule has 0 aliphatic carbocycles. The van der Waals surface area contributed by atoms with E-state index in [1.54, 1.807) is 13.8 Å². The van der Waals surface area contributed by atoms with Crippen LogP contribution in [0, 0.1) is 11.8 Å². The van der Waals surface area contributed by atoms with E-state index in [2.05, 4.69) is 25.9 Å². The maximum absolute atomic E-state index is 13.0. The minimum Gasteiger partial charge on any atom is -0.480 e. The maximum Gasteiger partial charge on any atom is 0.328 e. The van der Waals surface area contributed by atoms with Crippen molar-refractivity contribution in [2.45, 2.75) is 64.7 Å². The third kappa shape index (κ3) is 8.63. The van der Waals surface area contributed by atoms with E-state index < -0.39 is 54.5 Å². The van der Waals surface area contributed by atoms with Crippen LogP contribution in [0.5, 0.6) is 0 Å². The maximum atomic E-state index is 13.0. The Morgan fingerprint density at radius 2 is 1.66 bits per heavy atom. The van der Waals surface area contributed by atoms with Gasteiger partial charge in [0.15, 0.2) is 0 Å². The number of aliphatic carboxylic acids is 1. The fourth-order valence-electron chi connectivity index (χ4n) is 2.95. The lowest BCUT2D eigenvalue weighted by molar-refractivity contribution is -0.143. The SMILES string of the molecule is CC(C)CC(N)C(=O)NC(C(=O)NC(Cc1cnc[nH]1)C(=O)NC(CO)C(=O)O)C(C)C. The third-order valence-corrected chi connectivity index (χ3v) is 4.72. The van der Waals surface area contributed by atoms with Gasteiger partial charge in [0.2, 0.25) is 17.7 Å². The van der Waals surface area contributed by atoms with Gasteiger partial charge in [0, 0.05) is 18.3 Å². The molecule has 32 heavy (non-hydrogen) atoms. The fraction of sp³-hybridized carbons (Fsp3) is 0.650. The highest BCUT2D eigenvalue weighted by Gasteiger charge is 2.32. The summed E-state index contributed by atoms with van der Waals surface area (Å²) in [6.45, 7) is 6.50. The number of hydrogen-bond donors (Lipinski definition) is 7. The molecule has 3 amide bonds. The van der Waals surface area contributed by atoms with E-state index in [0.717, 1.165) is 0 Å². The Kier molecular flexibility index (Phi) is 10.8. The average Bonchev–Trinajstić information content (AvgIpc) is 3.21. The number of aliphatic hydroxyl groups is 1. The molecular weight excluding hydrogens is 420 g/mol. The van der Waals surface area contributed by atoms with E-state index in [-0.39, 0.29) is 18.3 Å². The van der Waals surface area contributed by atoms with E-state index in [4.69, 9.17) is 10.8 Å². The highest BCUT2D eigenvalue weighted by Crippen LogP contribution is 2.08. The van der Waals surface area contributed by atoms with Crippen molar-refractivity contribution in [3.05, 3.63) is 18.2 Å². The Morgan fingerprint density at radius 3 is 2.12 bits per heavy atom. The number of imidazole rings is 1. The number of aromatic amines is 1. The van der Waals surface area contributed by atoms with Gasteiger partial charge in [-0.15, -0.1) is 0 Å². The molecular formula is C20H34N6O6. The van der Waals surface area contributed by atoms with Crippen molar-refractivity contribution < 1.29 is 29.4 Å². The van der Waals surface area contributed by atoms with E-state index in [1.807, 2.05) is 13.8 Å². The number of nitrogens with one attached hydrogen (secondary N) is 4. The van der Waals surface area contributed by atoms with Gasteiger partial charge in [-0.2, -0.15) is 0 Å². The van der Waals surface area contributed by atoms with Crippen LogP contribution in [0.1, 0.15) is 39.8 Å². The molecule has 1 aromatic rings. The summed E-state index contributed by atoms with van der Waals surface area (Å²) >= 11 is 0. The van der Waals surface area contributed by atoms with Crippen molar-refractivity contribution >= 4 is 23.7 Å². The number of aromatic nitrogens is 2. The molecule has 1 aromatic heterocycles. The summed E-state index contributed by atoms with van der Waals surface area (Å²) in [5.41, 5.74) is 6.43. The van der Waals surface area contributed by atoms with Gasteiger partial charge in [0.25, 0.3) is 0 Å². The summed E-state index contributed by atoms with van der Waals surface area (Å²) in [6.07, 6.45) is 3.29. The van der Waals surface area contributed by atoms with E-state index in [1.165, 1.54) is 12.5 Å². The molecule has 8 N–H and O–H groups in total. The summed E-state index contributed by atoms with van der Waals surface area (Å²) < 4.78 is 0. The summed E-state index contributed by atoms with van der Waals surface area (Å²) in [6, 6.07) is -4.46. The number of amides is 3. The normalized spacial score (nSPS) is 15.0. The topological polar surface area (TPSA) is 200 Å². The first kappa shape index (κ1) is 27.0. The monoisotopic (exact) mass is 454 g/mol. The minimum atomic E-state index is -1.53. The smallest absolute Gasteiger partial charge is 0.328 e. The number of carboxylic acid groups (broad SMARTS) is 1. The van der Waals surface area contributed by atoms with Gasteiger partial charge in [0.1, 0.15) is 18.1 Å². The molecule has 12 nitrogen and oxygen atoms in total. The number of rotatable bonds is 13. The second-order valence-electron chi connectivity index (χ2n) is 8.39. The molecule has 0 fully saturated rings. The Bertz CT molecular complexity index is 767. The van der Waals surface area contributed by atoms with Gasteiger partial charge in [-0.05, 0) is 18.3 Å². The fourth-order valence-corrected chi connectivity index (χ4v) is 2.95. The van der Waals surface area contributed by atoms with Crippen LogP contribution in [-0.2, 0) is 25.6 Å². The van der Waals surface area contributed by atoms with Crippen molar-refractivity contribution in [2.75, 3.05) is 6.61 Å². The Hall–Kier alpha value is -2.99. The van der Waals surface area contributed by atoms with Crippen LogP contribution in [0.3, 0.4) is 0 Å². The number of carbonyl (C=O) groups is 4. The molecule has 4 unspecified atom stereocenters. The Morgan fingerprint density at radius 1 is 1.03 bits per heavy atom. The van der Waals surface area contributed by atoms with Crippen LogP contribution in [0.4, 0.5) is 0 Å². The van der Waals surface area contributed by atoms with Crippen LogP contribution in [-0.4, -0.2) is 74.6 Å². The van der Waals surface area contributed by atoms with E-state index in [9.17, 15) is 24.3 Å². The minimum absolute atomic E-state index is 0.0129. The number of nitrogens with two attached hydrogens (primary N) is 1. The lowest BCUT2D eigenvalue weighted by Crippen LogP contribution is -2.59. The quantitative estimate of drug-likeness (QED) is 0.187. The number of nitrogens with zero attached hydrogens (tertiary/aromatic N) is 1. The van der Waals surface area contributed by atoms with Gasteiger partial charge in [-0.3, -0.25) is 14.4 Å². The first-order valence-electron chi connectivity index (χ1n) is 10.4. The number of aliphatic hydroxyl groups excluding tert-OH is 1. The molecule has 1 heterocycles. The van der Waals surface area contributed by atoms with Crippen LogP contribution >= 0.6 is 0 Å². The summed E-state index contributed by atoms with van der Waals surface area (Å²) in [4.78, 5) is 55.9. The van der Waals surface area contributed by atoms with Gasteiger partial charge < -0.3 is 36.9 Å². The molecule has 0 aromatic carbocycles. The largest absolute Gasteiger partial charge is 0.480 e. The zero-order chi connectivity index (χ0) is 24.4. The molecule has 0 radical (unpaired) electrons. The van der Waals surface area contributed by atoms with E-state index >= 15 is 0 Å². The predicted octanol–water partition coefficient (Wildman–Crippen LogP) is -1.49. The third-order valence-electron chi connectivity index (χ3n) is 4.72. The number of H-pyrrole nitrogens is 1. The zero-order valence-corrected chi connectivity index (χ0v) is 18.8. The zero-order valence-electron chi connectivity index (χ0n) is 18.8. The summed E-state index contributed by atoms with van der Waals surface area (Å²) in [5, 5.41) is 25.6. The summed E-state index contributed by atoms with van der Waals surface area (Å²) in [5.74, 6) is -3.45. The number of carboxylic acids is 1. The van der Waals surface area contributed by atoms with Crippen LogP contribution in [0.25, 0.3) is 0 Å². The van der Waals surface area contributed by atoms with Gasteiger partial charge in [0.05, 0.1) is 19.0 Å². The van der Waals surface area contributed by atoms with Crippen molar-refractivity contribution in [3.63, 3.8) is 0 Å². The van der Waals surface area contributed by atoms with Crippen LogP contribution < -0.4 is 21.7 Å². The molecule has 0 aliphatic rings. The van der Waals surface area contributed by atoms with Crippen molar-refractivity contribution in [1.82, 2.24) is 25.9 Å². The molecule has 180 valence electrons. The Labute approximate surface area is 186 Å². The molecule has 0 spiro atoms. The van der Waals surface area contributed by atoms with Crippen molar-refractivity contribution in [1.29, 1.82) is 0 Å². The van der Waals surface area contributed by atoms with Crippen molar-refractivity contribution in [2.24, 2.45) is 17.6 Å². The van der Waals surface area contributed by atoms with Gasteiger partial charge in [-0.25, -0.2) is 9.78 Å². The standard InChI is InChI=1S/C20H34N6O6/c1-10(2)5-13(21)17(28)26-16(11(3)4)19(30)24-14(6-12-7-22-9-23-12)18(29)25-15(8-27)20(31)32/h7,9-11,13-16,27H,5-6,8,21H2,1-4H3,(H,22,23)(H,24,30)(H,25,29)(H,26,28)(H,31,32). The molecule has 4 atom stereocenters. The second-order valence-corrected chi connectivity index (χ2v) is 8.39. The molecule has 12 heteroatoms. The van der Waals surface area contributed by atoms with Gasteiger partial charge >= 0.3 is 5.97 Å². The van der Waals surface area contributed by atoms with E-state index in [0.29, 0.717) is 12.1 Å². The van der Waals surface area contributed by atoms with Gasteiger partial charge in [-0.1, -0.05) is 27.7 Å². The van der Waals surface area contributed by atoms with Crippen LogP contribution in [0.2, 0.25) is 0 Å². The van der Waals surface area contributed by atoms with Crippen molar-refractivity contribution in [3.8, 4) is 0 Å². The summed E-state index contributed by atoms with van der Waals surface area (Å²) in [7, 11) is 0. The first-order valence-corrected chi connectivity index (χ1v) is 10.4. The lowest BCUT2D eigenvalue weighted by atomic mass is 10.00. The average molecular weight is 455 g/mol. The molecule has 0 bridgehead atoms. The lowest BCUT2D eigenvalue weighted by Gasteiger charge is -2.27. The molecule has 0 saturated carbocycles. The number of hydrogen-bond acceptors (Lipinski definition) is 7. The van der Waals surface area contributed by atoms with Crippen LogP contribution in [0.15, 0.2) is 12.5 Å². The number of carbonyl (C=O) groups excluding carboxylic acids is 3. The second kappa shape index (κ2) is 12.8. The Balaban J connectivity index is 2.98.